The Morgan fingerprint density at radius 1 is 1.00 bits per heavy atom. The maximum absolute atomic E-state index is 13.0. The monoisotopic (exact) mass is 486 g/mol. The Bertz CT molecular complexity index is 1200. The number of ether oxygens (including phenoxy) is 2. The van der Waals surface area contributed by atoms with Gasteiger partial charge >= 0.3 is 0 Å². The molecule has 1 heterocycles. The van der Waals surface area contributed by atoms with Crippen LogP contribution < -0.4 is 14.8 Å². The second-order valence-electron chi connectivity index (χ2n) is 9.10. The molecule has 0 saturated carbocycles. The first-order chi connectivity index (χ1) is 17.4. The van der Waals surface area contributed by atoms with Crippen molar-refractivity contribution in [2.75, 3.05) is 19.0 Å². The minimum atomic E-state index is -0.653. The van der Waals surface area contributed by atoms with Crippen molar-refractivity contribution in [1.82, 2.24) is 4.90 Å². The molecule has 188 valence electrons. The molecule has 0 aromatic heterocycles. The molecule has 3 aromatic rings. The third-order valence-corrected chi connectivity index (χ3v) is 6.66. The van der Waals surface area contributed by atoms with Gasteiger partial charge in [0.05, 0.1) is 13.2 Å². The fourth-order valence-electron chi connectivity index (χ4n) is 4.63. The number of rotatable bonds is 8. The maximum Gasteiger partial charge on any atom is 0.265 e. The van der Waals surface area contributed by atoms with E-state index >= 15 is 0 Å². The third-order valence-electron chi connectivity index (χ3n) is 6.66. The Morgan fingerprint density at radius 3 is 2.33 bits per heavy atom. The third kappa shape index (κ3) is 5.54. The molecule has 1 aliphatic heterocycles. The number of hydrogen-bond acceptors (Lipinski definition) is 4. The van der Waals surface area contributed by atoms with Crippen LogP contribution >= 0.6 is 0 Å². The number of hydrogen-bond donors (Lipinski definition) is 1. The van der Waals surface area contributed by atoms with Crippen LogP contribution in [0.2, 0.25) is 0 Å². The molecule has 2 amide bonds. The molecule has 0 aliphatic carbocycles. The Kier molecular flexibility index (Phi) is 7.93. The van der Waals surface area contributed by atoms with Crippen molar-refractivity contribution in [2.45, 2.75) is 52.2 Å². The van der Waals surface area contributed by atoms with E-state index in [-0.39, 0.29) is 17.9 Å². The first-order valence-electron chi connectivity index (χ1n) is 12.5. The van der Waals surface area contributed by atoms with Gasteiger partial charge in [0.15, 0.2) is 6.10 Å². The maximum atomic E-state index is 13.0. The van der Waals surface area contributed by atoms with E-state index in [1.165, 1.54) is 11.1 Å². The van der Waals surface area contributed by atoms with Crippen molar-refractivity contribution in [3.05, 3.63) is 89.0 Å². The van der Waals surface area contributed by atoms with Gasteiger partial charge in [0.25, 0.3) is 5.91 Å². The molecule has 0 radical (unpaired) electrons. The zero-order valence-corrected chi connectivity index (χ0v) is 21.4. The summed E-state index contributed by atoms with van der Waals surface area (Å²) < 4.78 is 11.4. The molecule has 3 aromatic carbocycles. The zero-order chi connectivity index (χ0) is 25.7. The number of carbonyl (C=O) groups is 2. The largest absolute Gasteiger partial charge is 0.497 e. The number of nitrogens with zero attached hydrogens (tertiary/aromatic N) is 1. The molecular formula is C30H34N2O4. The summed E-state index contributed by atoms with van der Waals surface area (Å²) in [5.41, 5.74) is 5.18. The smallest absolute Gasteiger partial charge is 0.265 e. The lowest BCUT2D eigenvalue weighted by Crippen LogP contribution is -2.40. The van der Waals surface area contributed by atoms with Crippen molar-refractivity contribution < 1.29 is 19.1 Å². The number of aryl methyl sites for hydroxylation is 1. The van der Waals surface area contributed by atoms with Crippen LogP contribution in [0.1, 0.15) is 55.0 Å². The molecule has 6 nitrogen and oxygen atoms in total. The summed E-state index contributed by atoms with van der Waals surface area (Å²) in [6.45, 7) is 6.56. The average molecular weight is 487 g/mol. The van der Waals surface area contributed by atoms with Gasteiger partial charge < -0.3 is 19.7 Å². The first kappa shape index (κ1) is 25.3. The summed E-state index contributed by atoms with van der Waals surface area (Å²) in [6.07, 6.45) is 1.11. The minimum absolute atomic E-state index is 0.128. The van der Waals surface area contributed by atoms with Gasteiger partial charge in [-0.05, 0) is 72.9 Å². The van der Waals surface area contributed by atoms with Crippen LogP contribution in [-0.2, 0) is 16.0 Å². The SMILES string of the molecule is CCC(=O)N1CCc2ccc(O[C@@H](CC)C(=O)Nc3ccc(OC)cc3)cc2[C@@H]1c1ccc(C)cc1. The average Bonchev–Trinajstić information content (AvgIpc) is 2.91. The predicted molar refractivity (Wildman–Crippen MR) is 142 cm³/mol. The van der Waals surface area contributed by atoms with Gasteiger partial charge in [0.2, 0.25) is 5.91 Å². The summed E-state index contributed by atoms with van der Waals surface area (Å²) in [6, 6.07) is 21.3. The molecule has 4 rings (SSSR count). The van der Waals surface area contributed by atoms with Gasteiger partial charge in [-0.3, -0.25) is 9.59 Å². The summed E-state index contributed by atoms with van der Waals surface area (Å²) in [5, 5.41) is 2.92. The lowest BCUT2D eigenvalue weighted by molar-refractivity contribution is -0.133. The molecule has 6 heteroatoms. The van der Waals surface area contributed by atoms with E-state index in [0.29, 0.717) is 30.8 Å². The number of benzene rings is 3. The fraction of sp³-hybridized carbons (Fsp3) is 0.333. The van der Waals surface area contributed by atoms with Crippen LogP contribution in [0.25, 0.3) is 0 Å². The number of carbonyl (C=O) groups excluding carboxylic acids is 2. The van der Waals surface area contributed by atoms with Crippen molar-refractivity contribution in [1.29, 1.82) is 0 Å². The summed E-state index contributed by atoms with van der Waals surface area (Å²) in [7, 11) is 1.61. The Hall–Kier alpha value is -3.80. The van der Waals surface area contributed by atoms with Gasteiger partial charge in [-0.15, -0.1) is 0 Å². The normalized spacial score (nSPS) is 15.6. The highest BCUT2D eigenvalue weighted by molar-refractivity contribution is 5.94. The number of nitrogens with one attached hydrogen (secondary N) is 1. The van der Waals surface area contributed by atoms with Gasteiger partial charge in [-0.25, -0.2) is 0 Å². The van der Waals surface area contributed by atoms with Crippen LogP contribution in [0.3, 0.4) is 0 Å². The van der Waals surface area contributed by atoms with Crippen LogP contribution in [0.15, 0.2) is 66.7 Å². The fourth-order valence-corrected chi connectivity index (χ4v) is 4.63. The van der Waals surface area contributed by atoms with Crippen molar-refractivity contribution in [3.8, 4) is 11.5 Å². The van der Waals surface area contributed by atoms with E-state index < -0.39 is 6.10 Å². The highest BCUT2D eigenvalue weighted by atomic mass is 16.5. The van der Waals surface area contributed by atoms with Crippen molar-refractivity contribution in [2.24, 2.45) is 0 Å². The second kappa shape index (κ2) is 11.3. The van der Waals surface area contributed by atoms with Crippen LogP contribution in [0, 0.1) is 6.92 Å². The predicted octanol–water partition coefficient (Wildman–Crippen LogP) is 5.68. The van der Waals surface area contributed by atoms with E-state index in [9.17, 15) is 9.59 Å². The topological polar surface area (TPSA) is 67.9 Å². The minimum Gasteiger partial charge on any atom is -0.497 e. The van der Waals surface area contributed by atoms with Gasteiger partial charge in [0.1, 0.15) is 11.5 Å². The second-order valence-corrected chi connectivity index (χ2v) is 9.10. The van der Waals surface area contributed by atoms with Gasteiger partial charge in [-0.2, -0.15) is 0 Å². The number of anilines is 1. The van der Waals surface area contributed by atoms with E-state index in [2.05, 4.69) is 42.6 Å². The lowest BCUT2D eigenvalue weighted by Gasteiger charge is -2.38. The summed E-state index contributed by atoms with van der Waals surface area (Å²) in [4.78, 5) is 27.8. The highest BCUT2D eigenvalue weighted by Crippen LogP contribution is 2.38. The van der Waals surface area contributed by atoms with E-state index in [1.54, 1.807) is 31.4 Å². The highest BCUT2D eigenvalue weighted by Gasteiger charge is 2.32. The van der Waals surface area contributed by atoms with E-state index in [4.69, 9.17) is 9.47 Å². The molecule has 1 aliphatic rings. The molecule has 36 heavy (non-hydrogen) atoms. The zero-order valence-electron chi connectivity index (χ0n) is 21.4. The summed E-state index contributed by atoms with van der Waals surface area (Å²) in [5.74, 6) is 1.26. The van der Waals surface area contributed by atoms with Crippen LogP contribution in [0.5, 0.6) is 11.5 Å². The van der Waals surface area contributed by atoms with Crippen molar-refractivity contribution in [3.63, 3.8) is 0 Å². The molecule has 0 fully saturated rings. The lowest BCUT2D eigenvalue weighted by atomic mass is 9.87. The van der Waals surface area contributed by atoms with E-state index in [1.807, 2.05) is 30.9 Å². The molecule has 0 spiro atoms. The van der Waals surface area contributed by atoms with Crippen LogP contribution in [0.4, 0.5) is 5.69 Å². The molecule has 0 saturated heterocycles. The van der Waals surface area contributed by atoms with E-state index in [0.717, 1.165) is 23.3 Å². The molecule has 2 atom stereocenters. The Labute approximate surface area is 213 Å². The molecule has 0 bridgehead atoms. The van der Waals surface area contributed by atoms with Crippen molar-refractivity contribution >= 4 is 17.5 Å². The number of fused-ring (bicyclic) bond motifs is 1. The number of methoxy groups -OCH3 is 1. The summed E-state index contributed by atoms with van der Waals surface area (Å²) >= 11 is 0. The quantitative estimate of drug-likeness (QED) is 0.445. The van der Waals surface area contributed by atoms with Crippen LogP contribution in [-0.4, -0.2) is 36.5 Å². The molecular weight excluding hydrogens is 452 g/mol. The molecule has 0 unspecified atom stereocenters. The number of amides is 2. The van der Waals surface area contributed by atoms with Gasteiger partial charge in [0, 0.05) is 18.7 Å². The molecule has 1 N–H and O–H groups in total. The Balaban J connectivity index is 1.59. The Morgan fingerprint density at radius 2 is 1.69 bits per heavy atom. The van der Waals surface area contributed by atoms with Gasteiger partial charge in [-0.1, -0.05) is 49.7 Å². The first-order valence-corrected chi connectivity index (χ1v) is 12.5. The standard InChI is InChI=1S/C30H34N2O4/c1-5-27(30(34)31-23-12-15-24(35-4)16-13-23)36-25-14-11-21-17-18-32(28(33)6-2)29(26(21)19-25)22-9-7-20(3)8-10-22/h7-16,19,27,29H,5-6,17-18H2,1-4H3,(H,31,34)/t27-,29-/m0/s1.